The van der Waals surface area contributed by atoms with Gasteiger partial charge in [-0.2, -0.15) is 5.26 Å². The van der Waals surface area contributed by atoms with Gasteiger partial charge in [-0.05, 0) is 23.6 Å². The maximum absolute atomic E-state index is 11.7. The number of nitrogens with zero attached hydrogens (tertiary/aromatic N) is 4. The highest BCUT2D eigenvalue weighted by Crippen LogP contribution is 2.32. The normalized spacial score (nSPS) is 16.9. The predicted molar refractivity (Wildman–Crippen MR) is 74.6 cm³/mol. The van der Waals surface area contributed by atoms with Gasteiger partial charge in [0.05, 0.1) is 0 Å². The first kappa shape index (κ1) is 13.1. The van der Waals surface area contributed by atoms with Crippen LogP contribution in [0.1, 0.15) is 22.9 Å². The van der Waals surface area contributed by atoms with Crippen molar-refractivity contribution < 1.29 is 9.90 Å². The number of aromatic nitrogens is 2. The molecule has 2 aromatic rings. The molecule has 0 saturated carbocycles. The van der Waals surface area contributed by atoms with Gasteiger partial charge in [0, 0.05) is 12.7 Å². The molecular weight excluding hydrogens is 268 g/mol. The minimum Gasteiger partial charge on any atom is -0.479 e. The summed E-state index contributed by atoms with van der Waals surface area (Å²) in [6.45, 7) is 0.503. The first-order chi connectivity index (χ1) is 10.2. The van der Waals surface area contributed by atoms with Crippen LogP contribution in [0.5, 0.6) is 0 Å². The van der Waals surface area contributed by atoms with Crippen molar-refractivity contribution in [3.05, 3.63) is 53.3 Å². The average molecular weight is 280 g/mol. The molecule has 104 valence electrons. The number of hydrogen-bond donors (Lipinski definition) is 1. The Balaban J connectivity index is 2.07. The second-order valence-electron chi connectivity index (χ2n) is 4.74. The maximum Gasteiger partial charge on any atom is 0.331 e. The summed E-state index contributed by atoms with van der Waals surface area (Å²) in [5, 5.41) is 18.5. The van der Waals surface area contributed by atoms with E-state index in [4.69, 9.17) is 5.26 Å². The Morgan fingerprint density at radius 2 is 2.19 bits per heavy atom. The van der Waals surface area contributed by atoms with Gasteiger partial charge in [0.25, 0.3) is 0 Å². The van der Waals surface area contributed by atoms with E-state index in [0.717, 1.165) is 17.5 Å². The molecule has 0 radical (unpaired) electrons. The Morgan fingerprint density at radius 3 is 2.95 bits per heavy atom. The SMILES string of the molecule is N#Cc1ccnc(N2CCc3ccccc3C2C(=O)O)n1. The van der Waals surface area contributed by atoms with E-state index in [9.17, 15) is 9.90 Å². The molecule has 0 spiro atoms. The van der Waals surface area contributed by atoms with Crippen LogP contribution in [-0.4, -0.2) is 27.6 Å². The Kier molecular flexibility index (Phi) is 3.24. The number of hydrogen-bond acceptors (Lipinski definition) is 5. The second kappa shape index (κ2) is 5.21. The van der Waals surface area contributed by atoms with Gasteiger partial charge >= 0.3 is 5.97 Å². The number of aliphatic carboxylic acids is 1. The fourth-order valence-electron chi connectivity index (χ4n) is 2.60. The summed E-state index contributed by atoms with van der Waals surface area (Å²) in [7, 11) is 0. The highest BCUT2D eigenvalue weighted by atomic mass is 16.4. The zero-order chi connectivity index (χ0) is 14.8. The molecule has 21 heavy (non-hydrogen) atoms. The number of carbonyl (C=O) groups is 1. The third-order valence-electron chi connectivity index (χ3n) is 3.53. The van der Waals surface area contributed by atoms with Gasteiger partial charge in [-0.1, -0.05) is 24.3 Å². The second-order valence-corrected chi connectivity index (χ2v) is 4.74. The van der Waals surface area contributed by atoms with Gasteiger partial charge in [-0.15, -0.1) is 0 Å². The molecule has 3 rings (SSSR count). The lowest BCUT2D eigenvalue weighted by atomic mass is 9.93. The van der Waals surface area contributed by atoms with Crippen molar-refractivity contribution in [3.8, 4) is 6.07 Å². The standard InChI is InChI=1S/C15H12N4O2/c16-9-11-5-7-17-15(18-11)19-8-6-10-3-1-2-4-12(10)13(19)14(20)21/h1-5,7,13H,6,8H2,(H,20,21). The summed E-state index contributed by atoms with van der Waals surface area (Å²) < 4.78 is 0. The van der Waals surface area contributed by atoms with Crippen LogP contribution < -0.4 is 4.90 Å². The Labute approximate surface area is 121 Å². The number of nitriles is 1. The van der Waals surface area contributed by atoms with Gasteiger partial charge in [0.2, 0.25) is 5.95 Å². The van der Waals surface area contributed by atoms with Crippen LogP contribution in [0.25, 0.3) is 0 Å². The first-order valence-electron chi connectivity index (χ1n) is 6.51. The zero-order valence-corrected chi connectivity index (χ0v) is 11.1. The molecule has 1 unspecified atom stereocenters. The molecule has 1 aromatic heterocycles. The van der Waals surface area contributed by atoms with Crippen LogP contribution in [0.4, 0.5) is 5.95 Å². The zero-order valence-electron chi connectivity index (χ0n) is 11.1. The van der Waals surface area contributed by atoms with Crippen molar-refractivity contribution in [2.45, 2.75) is 12.5 Å². The molecule has 6 nitrogen and oxygen atoms in total. The predicted octanol–water partition coefficient (Wildman–Crippen LogP) is 1.54. The fourth-order valence-corrected chi connectivity index (χ4v) is 2.60. The van der Waals surface area contributed by atoms with Crippen LogP contribution in [0.3, 0.4) is 0 Å². The molecule has 6 heteroatoms. The van der Waals surface area contributed by atoms with E-state index in [1.807, 2.05) is 30.3 Å². The molecule has 1 aliphatic rings. The highest BCUT2D eigenvalue weighted by molar-refractivity contribution is 5.80. The lowest BCUT2D eigenvalue weighted by molar-refractivity contribution is -0.138. The maximum atomic E-state index is 11.7. The van der Waals surface area contributed by atoms with Crippen molar-refractivity contribution in [3.63, 3.8) is 0 Å². The summed E-state index contributed by atoms with van der Waals surface area (Å²) in [5.74, 6) is -0.677. The number of fused-ring (bicyclic) bond motifs is 1. The minimum atomic E-state index is -0.951. The summed E-state index contributed by atoms with van der Waals surface area (Å²) in [6, 6.07) is 10.1. The van der Waals surface area contributed by atoms with Crippen molar-refractivity contribution in [2.24, 2.45) is 0 Å². The van der Waals surface area contributed by atoms with E-state index in [-0.39, 0.29) is 11.6 Å². The lowest BCUT2D eigenvalue weighted by Crippen LogP contribution is -2.40. The van der Waals surface area contributed by atoms with Crippen LogP contribution >= 0.6 is 0 Å². The minimum absolute atomic E-state index is 0.225. The Bertz CT molecular complexity index is 738. The number of anilines is 1. The highest BCUT2D eigenvalue weighted by Gasteiger charge is 2.34. The third-order valence-corrected chi connectivity index (χ3v) is 3.53. The van der Waals surface area contributed by atoms with Crippen molar-refractivity contribution >= 4 is 11.9 Å². The third kappa shape index (κ3) is 2.30. The summed E-state index contributed by atoms with van der Waals surface area (Å²) in [4.78, 5) is 21.6. The summed E-state index contributed by atoms with van der Waals surface area (Å²) >= 11 is 0. The number of rotatable bonds is 2. The van der Waals surface area contributed by atoms with E-state index in [1.165, 1.54) is 12.3 Å². The molecule has 0 saturated heterocycles. The smallest absolute Gasteiger partial charge is 0.331 e. The fraction of sp³-hybridized carbons (Fsp3) is 0.200. The van der Waals surface area contributed by atoms with E-state index < -0.39 is 12.0 Å². The molecule has 1 N–H and O–H groups in total. The van der Waals surface area contributed by atoms with Crippen LogP contribution in [0, 0.1) is 11.3 Å². The quantitative estimate of drug-likeness (QED) is 0.897. The summed E-state index contributed by atoms with van der Waals surface area (Å²) in [5.41, 5.74) is 2.00. The largest absolute Gasteiger partial charge is 0.479 e. The molecule has 0 fully saturated rings. The van der Waals surface area contributed by atoms with E-state index >= 15 is 0 Å². The molecule has 1 atom stereocenters. The van der Waals surface area contributed by atoms with Gasteiger partial charge in [-0.25, -0.2) is 14.8 Å². The molecule has 0 amide bonds. The van der Waals surface area contributed by atoms with Gasteiger partial charge in [0.1, 0.15) is 11.8 Å². The Morgan fingerprint density at radius 1 is 1.38 bits per heavy atom. The Hall–Kier alpha value is -2.94. The molecule has 0 bridgehead atoms. The number of carboxylic acid groups (broad SMARTS) is 1. The topological polar surface area (TPSA) is 90.1 Å². The van der Waals surface area contributed by atoms with Gasteiger partial charge in [0.15, 0.2) is 6.04 Å². The number of carboxylic acids is 1. The van der Waals surface area contributed by atoms with E-state index in [1.54, 1.807) is 4.90 Å². The van der Waals surface area contributed by atoms with E-state index in [2.05, 4.69) is 9.97 Å². The van der Waals surface area contributed by atoms with Crippen LogP contribution in [0.2, 0.25) is 0 Å². The van der Waals surface area contributed by atoms with Crippen LogP contribution in [-0.2, 0) is 11.2 Å². The molecule has 1 aromatic carbocycles. The molecule has 2 heterocycles. The van der Waals surface area contributed by atoms with Crippen LogP contribution in [0.15, 0.2) is 36.5 Å². The van der Waals surface area contributed by atoms with Crippen molar-refractivity contribution in [1.82, 2.24) is 9.97 Å². The van der Waals surface area contributed by atoms with Gasteiger partial charge in [-0.3, -0.25) is 0 Å². The van der Waals surface area contributed by atoms with Crippen molar-refractivity contribution in [2.75, 3.05) is 11.4 Å². The van der Waals surface area contributed by atoms with E-state index in [0.29, 0.717) is 6.54 Å². The summed E-state index contributed by atoms with van der Waals surface area (Å²) in [6.07, 6.45) is 2.19. The molecule has 1 aliphatic heterocycles. The first-order valence-corrected chi connectivity index (χ1v) is 6.51. The molecule has 0 aliphatic carbocycles. The van der Waals surface area contributed by atoms with Crippen molar-refractivity contribution in [1.29, 1.82) is 5.26 Å². The average Bonchev–Trinajstić information content (AvgIpc) is 2.53. The van der Waals surface area contributed by atoms with Gasteiger partial charge < -0.3 is 10.0 Å². The monoisotopic (exact) mass is 280 g/mol. The lowest BCUT2D eigenvalue weighted by Gasteiger charge is -2.34. The number of benzene rings is 1. The molecular formula is C15H12N4O2.